The molecule has 100 valence electrons. The molecule has 0 radical (unpaired) electrons. The number of esters is 1. The summed E-state index contributed by atoms with van der Waals surface area (Å²) in [5.74, 6) is 0.492. The molecule has 0 aliphatic rings. The first-order valence-electron chi connectivity index (χ1n) is 5.97. The second-order valence-electron chi connectivity index (χ2n) is 4.10. The molecule has 0 saturated carbocycles. The van der Waals surface area contributed by atoms with Crippen molar-refractivity contribution in [3.05, 3.63) is 29.8 Å². The van der Waals surface area contributed by atoms with E-state index in [0.29, 0.717) is 6.61 Å². The van der Waals surface area contributed by atoms with Crippen molar-refractivity contribution in [1.29, 1.82) is 0 Å². The van der Waals surface area contributed by atoms with Gasteiger partial charge in [-0.1, -0.05) is 12.1 Å². The molecule has 0 aliphatic heterocycles. The lowest BCUT2D eigenvalue weighted by Crippen LogP contribution is -2.17. The highest BCUT2D eigenvalue weighted by Crippen LogP contribution is 2.15. The molecule has 0 aliphatic carbocycles. The van der Waals surface area contributed by atoms with Crippen LogP contribution in [0.1, 0.15) is 18.9 Å². The normalized spacial score (nSPS) is 11.9. The number of hydrogen-bond acceptors (Lipinski definition) is 4. The van der Waals surface area contributed by atoms with Gasteiger partial charge in [-0.15, -0.1) is 0 Å². The molecule has 1 aromatic rings. The van der Waals surface area contributed by atoms with Crippen molar-refractivity contribution in [3.8, 4) is 5.75 Å². The van der Waals surface area contributed by atoms with E-state index in [0.717, 1.165) is 12.2 Å². The van der Waals surface area contributed by atoms with Gasteiger partial charge in [0.15, 0.2) is 0 Å². The summed E-state index contributed by atoms with van der Waals surface area (Å²) in [7, 11) is 3.06. The van der Waals surface area contributed by atoms with Crippen molar-refractivity contribution in [2.45, 2.75) is 25.9 Å². The lowest BCUT2D eigenvalue weighted by molar-refractivity contribution is -0.142. The Morgan fingerprint density at radius 1 is 1.22 bits per heavy atom. The average molecular weight is 252 g/mol. The standard InChI is InChI=1S/C14H20O4/c1-11(10-14(15)17-3)18-13-6-4-12(5-7-13)8-9-16-2/h4-7,11H,8-10H2,1-3H3. The van der Waals surface area contributed by atoms with Crippen LogP contribution in [0.15, 0.2) is 24.3 Å². The molecule has 1 atom stereocenters. The molecule has 4 nitrogen and oxygen atoms in total. The Morgan fingerprint density at radius 2 is 1.89 bits per heavy atom. The first kappa shape index (κ1) is 14.5. The van der Waals surface area contributed by atoms with Crippen molar-refractivity contribution >= 4 is 5.97 Å². The fraction of sp³-hybridized carbons (Fsp3) is 0.500. The molecular formula is C14H20O4. The van der Waals surface area contributed by atoms with Gasteiger partial charge < -0.3 is 14.2 Å². The third-order valence-electron chi connectivity index (χ3n) is 2.54. The number of carbonyl (C=O) groups is 1. The average Bonchev–Trinajstić information content (AvgIpc) is 2.37. The lowest BCUT2D eigenvalue weighted by atomic mass is 10.1. The second-order valence-corrected chi connectivity index (χ2v) is 4.10. The zero-order chi connectivity index (χ0) is 13.4. The summed E-state index contributed by atoms with van der Waals surface area (Å²) >= 11 is 0. The van der Waals surface area contributed by atoms with Crippen LogP contribution in [0.5, 0.6) is 5.75 Å². The van der Waals surface area contributed by atoms with Gasteiger partial charge in [0.05, 0.1) is 20.1 Å². The predicted molar refractivity (Wildman–Crippen MR) is 68.7 cm³/mol. The van der Waals surface area contributed by atoms with Gasteiger partial charge in [-0.2, -0.15) is 0 Å². The fourth-order valence-electron chi connectivity index (χ4n) is 1.55. The molecule has 0 fully saturated rings. The van der Waals surface area contributed by atoms with Gasteiger partial charge in [-0.3, -0.25) is 4.79 Å². The number of rotatable bonds is 7. The van der Waals surface area contributed by atoms with Crippen LogP contribution in [-0.2, 0) is 20.7 Å². The quantitative estimate of drug-likeness (QED) is 0.698. The Bertz CT molecular complexity index is 359. The molecule has 1 aromatic carbocycles. The summed E-state index contributed by atoms with van der Waals surface area (Å²) in [5, 5.41) is 0. The Kier molecular flexibility index (Phi) is 6.22. The van der Waals surface area contributed by atoms with Gasteiger partial charge in [0.25, 0.3) is 0 Å². The van der Waals surface area contributed by atoms with Gasteiger partial charge in [0.2, 0.25) is 0 Å². The van der Waals surface area contributed by atoms with Gasteiger partial charge in [-0.05, 0) is 31.0 Å². The van der Waals surface area contributed by atoms with Crippen molar-refractivity contribution in [1.82, 2.24) is 0 Å². The number of methoxy groups -OCH3 is 2. The van der Waals surface area contributed by atoms with E-state index < -0.39 is 0 Å². The van der Waals surface area contributed by atoms with Crippen LogP contribution in [-0.4, -0.2) is 32.9 Å². The van der Waals surface area contributed by atoms with Crippen LogP contribution in [0.3, 0.4) is 0 Å². The fourth-order valence-corrected chi connectivity index (χ4v) is 1.55. The van der Waals surface area contributed by atoms with Gasteiger partial charge in [-0.25, -0.2) is 0 Å². The Hall–Kier alpha value is -1.55. The van der Waals surface area contributed by atoms with E-state index in [9.17, 15) is 4.79 Å². The van der Waals surface area contributed by atoms with Crippen LogP contribution in [0.2, 0.25) is 0 Å². The number of benzene rings is 1. The maximum atomic E-state index is 11.1. The van der Waals surface area contributed by atoms with Gasteiger partial charge in [0.1, 0.15) is 11.9 Å². The van der Waals surface area contributed by atoms with E-state index in [-0.39, 0.29) is 18.5 Å². The zero-order valence-electron chi connectivity index (χ0n) is 11.1. The molecule has 0 aromatic heterocycles. The zero-order valence-corrected chi connectivity index (χ0v) is 11.1. The lowest BCUT2D eigenvalue weighted by Gasteiger charge is -2.13. The van der Waals surface area contributed by atoms with Gasteiger partial charge in [0, 0.05) is 7.11 Å². The number of ether oxygens (including phenoxy) is 3. The minimum Gasteiger partial charge on any atom is -0.490 e. The maximum Gasteiger partial charge on any atom is 0.309 e. The van der Waals surface area contributed by atoms with Crippen LogP contribution in [0.4, 0.5) is 0 Å². The van der Waals surface area contributed by atoms with E-state index in [1.165, 1.54) is 12.7 Å². The molecule has 1 unspecified atom stereocenters. The highest BCUT2D eigenvalue weighted by Gasteiger charge is 2.10. The molecule has 1 rings (SSSR count). The Labute approximate surface area is 108 Å². The molecule has 4 heteroatoms. The Balaban J connectivity index is 2.45. The SMILES string of the molecule is COCCc1ccc(OC(C)CC(=O)OC)cc1. The van der Waals surface area contributed by atoms with E-state index in [1.54, 1.807) is 7.11 Å². The smallest absolute Gasteiger partial charge is 0.309 e. The summed E-state index contributed by atoms with van der Waals surface area (Å²) in [6.45, 7) is 2.55. The number of hydrogen-bond donors (Lipinski definition) is 0. The molecule has 0 heterocycles. The third-order valence-corrected chi connectivity index (χ3v) is 2.54. The molecular weight excluding hydrogens is 232 g/mol. The summed E-state index contributed by atoms with van der Waals surface area (Å²) in [6, 6.07) is 7.80. The third kappa shape index (κ3) is 5.19. The topological polar surface area (TPSA) is 44.8 Å². The summed E-state index contributed by atoms with van der Waals surface area (Å²) < 4.78 is 15.2. The molecule has 0 bridgehead atoms. The molecule has 0 spiro atoms. The first-order chi connectivity index (χ1) is 8.65. The highest BCUT2D eigenvalue weighted by molar-refractivity contribution is 5.69. The van der Waals surface area contributed by atoms with Crippen molar-refractivity contribution in [2.75, 3.05) is 20.8 Å². The minimum absolute atomic E-state index is 0.192. The van der Waals surface area contributed by atoms with E-state index >= 15 is 0 Å². The van der Waals surface area contributed by atoms with Crippen LogP contribution in [0, 0.1) is 0 Å². The van der Waals surface area contributed by atoms with E-state index in [4.69, 9.17) is 9.47 Å². The highest BCUT2D eigenvalue weighted by atomic mass is 16.5. The molecule has 0 saturated heterocycles. The van der Waals surface area contributed by atoms with Gasteiger partial charge >= 0.3 is 5.97 Å². The second kappa shape index (κ2) is 7.71. The Morgan fingerprint density at radius 3 is 2.44 bits per heavy atom. The van der Waals surface area contributed by atoms with Crippen LogP contribution < -0.4 is 4.74 Å². The number of carbonyl (C=O) groups excluding carboxylic acids is 1. The largest absolute Gasteiger partial charge is 0.490 e. The first-order valence-corrected chi connectivity index (χ1v) is 5.97. The summed E-state index contributed by atoms with van der Waals surface area (Å²) in [6.07, 6.45) is 0.943. The molecule has 0 N–H and O–H groups in total. The molecule has 18 heavy (non-hydrogen) atoms. The van der Waals surface area contributed by atoms with Crippen molar-refractivity contribution in [2.24, 2.45) is 0 Å². The molecule has 0 amide bonds. The summed E-state index contributed by atoms with van der Waals surface area (Å²) in [4.78, 5) is 11.1. The maximum absolute atomic E-state index is 11.1. The van der Waals surface area contributed by atoms with Crippen molar-refractivity contribution < 1.29 is 19.0 Å². The van der Waals surface area contributed by atoms with Crippen molar-refractivity contribution in [3.63, 3.8) is 0 Å². The van der Waals surface area contributed by atoms with Crippen LogP contribution in [0.25, 0.3) is 0 Å². The van der Waals surface area contributed by atoms with E-state index in [1.807, 2.05) is 31.2 Å². The van der Waals surface area contributed by atoms with E-state index in [2.05, 4.69) is 4.74 Å². The van der Waals surface area contributed by atoms with Crippen LogP contribution >= 0.6 is 0 Å². The minimum atomic E-state index is -0.265. The monoisotopic (exact) mass is 252 g/mol. The summed E-state index contributed by atoms with van der Waals surface area (Å²) in [5.41, 5.74) is 1.20. The predicted octanol–water partition coefficient (Wildman–Crippen LogP) is 2.21.